The number of benzene rings is 2. The molecule has 10 heteroatoms. The zero-order valence-corrected chi connectivity index (χ0v) is 20.3. The van der Waals surface area contributed by atoms with Crippen LogP contribution in [0.3, 0.4) is 0 Å². The molecule has 0 radical (unpaired) electrons. The molecule has 0 aliphatic heterocycles. The van der Waals surface area contributed by atoms with Gasteiger partial charge in [0.2, 0.25) is 6.29 Å². The van der Waals surface area contributed by atoms with Crippen LogP contribution in [0.15, 0.2) is 67.0 Å². The van der Waals surface area contributed by atoms with Gasteiger partial charge in [-0.25, -0.2) is 4.79 Å². The van der Waals surface area contributed by atoms with Gasteiger partial charge in [0.05, 0.1) is 12.1 Å². The van der Waals surface area contributed by atoms with Crippen molar-refractivity contribution in [1.82, 2.24) is 0 Å². The lowest BCUT2D eigenvalue weighted by molar-refractivity contribution is -0.156. The van der Waals surface area contributed by atoms with Crippen LogP contribution in [0, 0.1) is 0 Å². The number of esters is 1. The van der Waals surface area contributed by atoms with Crippen molar-refractivity contribution < 1.29 is 42.4 Å². The largest absolute Gasteiger partial charge is 0.507 e. The second-order valence-corrected chi connectivity index (χ2v) is 7.45. The number of rotatable bonds is 9. The van der Waals surface area contributed by atoms with Crippen LogP contribution < -0.4 is 0 Å². The minimum absolute atomic E-state index is 0.0980. The highest BCUT2D eigenvalue weighted by Gasteiger charge is 2.26. The first kappa shape index (κ1) is 30.3. The predicted molar refractivity (Wildman–Crippen MR) is 131 cm³/mol. The zero-order valence-electron chi connectivity index (χ0n) is 19.6. The number of halogens is 4. The standard InChI is InChI=1S/C24H25ClO5.C2HF3O/c1-4-6-13-17(29-3)14-18-22(19(26)15-20(27)23(18)25)24(28)30-21(10-5-2)16-11-8-7-9-12-16;3-2(4,5)1-6/h5-9,11-15,21,26-27H,2,4,10H2,1,3H3;1H/b13-6+,17-14-;. The van der Waals surface area contributed by atoms with E-state index in [0.29, 0.717) is 12.2 Å². The summed E-state index contributed by atoms with van der Waals surface area (Å²) in [6.45, 7) is 5.68. The Morgan fingerprint density at radius 1 is 1.19 bits per heavy atom. The van der Waals surface area contributed by atoms with E-state index in [-0.39, 0.29) is 21.9 Å². The van der Waals surface area contributed by atoms with Crippen molar-refractivity contribution in [2.75, 3.05) is 7.11 Å². The predicted octanol–water partition coefficient (Wildman–Crippen LogP) is 6.93. The summed E-state index contributed by atoms with van der Waals surface area (Å²) < 4.78 is 42.2. The molecule has 0 aliphatic rings. The van der Waals surface area contributed by atoms with E-state index < -0.39 is 30.3 Å². The molecule has 2 rings (SSSR count). The van der Waals surface area contributed by atoms with Gasteiger partial charge in [0.25, 0.3) is 0 Å². The minimum Gasteiger partial charge on any atom is -0.507 e. The van der Waals surface area contributed by atoms with Gasteiger partial charge >= 0.3 is 12.1 Å². The highest BCUT2D eigenvalue weighted by atomic mass is 35.5. The third-order valence-electron chi connectivity index (χ3n) is 4.44. The molecule has 1 unspecified atom stereocenters. The number of methoxy groups -OCH3 is 1. The van der Waals surface area contributed by atoms with E-state index in [1.807, 2.05) is 43.3 Å². The van der Waals surface area contributed by atoms with Crippen molar-refractivity contribution >= 4 is 29.9 Å². The first-order chi connectivity index (χ1) is 17.0. The van der Waals surface area contributed by atoms with Gasteiger partial charge in [-0.2, -0.15) is 13.2 Å². The van der Waals surface area contributed by atoms with Gasteiger partial charge in [-0.1, -0.05) is 61.0 Å². The Hall–Kier alpha value is -3.72. The average molecular weight is 527 g/mol. The van der Waals surface area contributed by atoms with Crippen LogP contribution in [-0.2, 0) is 14.3 Å². The topological polar surface area (TPSA) is 93.1 Å². The SMILES string of the molecule is C=CCC(OC(=O)c1c(O)cc(O)c(Cl)c1/C=C(/C=C/CC)OC)c1ccccc1.O=CC(F)(F)F. The molecule has 0 bridgehead atoms. The number of allylic oxidation sites excluding steroid dienone is 2. The molecule has 0 spiro atoms. The average Bonchev–Trinajstić information content (AvgIpc) is 2.84. The van der Waals surface area contributed by atoms with Crippen molar-refractivity contribution in [3.05, 3.63) is 88.7 Å². The lowest BCUT2D eigenvalue weighted by Gasteiger charge is -2.19. The van der Waals surface area contributed by atoms with Crippen LogP contribution in [0.2, 0.25) is 5.02 Å². The van der Waals surface area contributed by atoms with E-state index in [4.69, 9.17) is 25.9 Å². The highest BCUT2D eigenvalue weighted by Crippen LogP contribution is 2.39. The van der Waals surface area contributed by atoms with E-state index in [1.54, 1.807) is 12.2 Å². The van der Waals surface area contributed by atoms with E-state index >= 15 is 0 Å². The second-order valence-electron chi connectivity index (χ2n) is 7.07. The molecular formula is C26H26ClF3O6. The van der Waals surface area contributed by atoms with Gasteiger partial charge in [-0.15, -0.1) is 6.58 Å². The number of carbonyl (C=O) groups is 2. The Morgan fingerprint density at radius 2 is 1.81 bits per heavy atom. The monoisotopic (exact) mass is 526 g/mol. The van der Waals surface area contributed by atoms with Crippen molar-refractivity contribution in [2.45, 2.75) is 32.0 Å². The van der Waals surface area contributed by atoms with Crippen LogP contribution in [-0.4, -0.2) is 35.8 Å². The van der Waals surface area contributed by atoms with Crippen LogP contribution >= 0.6 is 11.6 Å². The van der Waals surface area contributed by atoms with Crippen molar-refractivity contribution in [1.29, 1.82) is 0 Å². The van der Waals surface area contributed by atoms with Gasteiger partial charge in [0.15, 0.2) is 0 Å². The van der Waals surface area contributed by atoms with Crippen molar-refractivity contribution in [3.63, 3.8) is 0 Å². The Kier molecular flexibility index (Phi) is 12.3. The second kappa shape index (κ2) is 14.6. The lowest BCUT2D eigenvalue weighted by atomic mass is 10.0. The normalized spacial score (nSPS) is 12.3. The van der Waals surface area contributed by atoms with E-state index in [1.165, 1.54) is 13.2 Å². The number of aromatic hydroxyl groups is 2. The fraction of sp³-hybridized carbons (Fsp3) is 0.231. The van der Waals surface area contributed by atoms with Crippen molar-refractivity contribution in [3.8, 4) is 11.5 Å². The molecule has 6 nitrogen and oxygen atoms in total. The summed E-state index contributed by atoms with van der Waals surface area (Å²) in [6, 6.07) is 10.2. The molecule has 0 fully saturated rings. The number of phenolic OH excluding ortho intramolecular Hbond substituents is 2. The number of ether oxygens (including phenoxy) is 2. The smallest absolute Gasteiger partial charge is 0.446 e. The van der Waals surface area contributed by atoms with Gasteiger partial charge < -0.3 is 19.7 Å². The molecule has 1 atom stereocenters. The summed E-state index contributed by atoms with van der Waals surface area (Å²) in [5.74, 6) is -1.21. The maximum absolute atomic E-state index is 13.0. The fourth-order valence-corrected chi connectivity index (χ4v) is 3.02. The lowest BCUT2D eigenvalue weighted by Crippen LogP contribution is -2.13. The first-order valence-corrected chi connectivity index (χ1v) is 10.9. The maximum atomic E-state index is 13.0. The first-order valence-electron chi connectivity index (χ1n) is 10.6. The molecule has 36 heavy (non-hydrogen) atoms. The Labute approximate surface area is 211 Å². The van der Waals surface area contributed by atoms with Gasteiger partial charge in [0, 0.05) is 18.1 Å². The third kappa shape index (κ3) is 9.50. The molecule has 2 aromatic carbocycles. The number of hydrogen-bond donors (Lipinski definition) is 2. The number of phenols is 2. The van der Waals surface area contributed by atoms with Gasteiger partial charge in [-0.05, 0) is 24.1 Å². The summed E-state index contributed by atoms with van der Waals surface area (Å²) in [7, 11) is 1.47. The minimum atomic E-state index is -4.64. The molecular weight excluding hydrogens is 501 g/mol. The van der Waals surface area contributed by atoms with Crippen LogP contribution in [0.25, 0.3) is 6.08 Å². The number of hydrogen-bond acceptors (Lipinski definition) is 6. The highest BCUT2D eigenvalue weighted by molar-refractivity contribution is 6.34. The Morgan fingerprint density at radius 3 is 2.31 bits per heavy atom. The molecule has 0 heterocycles. The van der Waals surface area contributed by atoms with Gasteiger partial charge in [-0.3, -0.25) is 4.79 Å². The number of alkyl halides is 3. The van der Waals surface area contributed by atoms with Gasteiger partial charge in [0.1, 0.15) is 28.9 Å². The summed E-state index contributed by atoms with van der Waals surface area (Å²) in [5, 5.41) is 20.4. The molecule has 0 saturated heterocycles. The Balaban J connectivity index is 0.000000960. The number of aldehydes is 1. The molecule has 2 aromatic rings. The summed E-state index contributed by atoms with van der Waals surface area (Å²) in [5.41, 5.74) is 0.722. The fourth-order valence-electron chi connectivity index (χ4n) is 2.81. The van der Waals surface area contributed by atoms with Crippen LogP contribution in [0.1, 0.15) is 47.4 Å². The molecule has 0 aromatic heterocycles. The van der Waals surface area contributed by atoms with E-state index in [9.17, 15) is 28.2 Å². The molecule has 0 aliphatic carbocycles. The zero-order chi connectivity index (χ0) is 27.3. The molecule has 0 amide bonds. The molecule has 194 valence electrons. The maximum Gasteiger partial charge on any atom is 0.446 e. The molecule has 2 N–H and O–H groups in total. The van der Waals surface area contributed by atoms with Crippen LogP contribution in [0.4, 0.5) is 13.2 Å². The van der Waals surface area contributed by atoms with Crippen molar-refractivity contribution in [2.24, 2.45) is 0 Å². The Bertz CT molecular complexity index is 1100. The summed E-state index contributed by atoms with van der Waals surface area (Å²) in [4.78, 5) is 21.7. The van der Waals surface area contributed by atoms with Crippen LogP contribution in [0.5, 0.6) is 11.5 Å². The number of carbonyl (C=O) groups excluding carboxylic acids is 2. The quantitative estimate of drug-likeness (QED) is 0.121. The van der Waals surface area contributed by atoms with E-state index in [2.05, 4.69) is 6.58 Å². The third-order valence-corrected chi connectivity index (χ3v) is 4.84. The molecule has 0 saturated carbocycles. The van der Waals surface area contributed by atoms with E-state index in [0.717, 1.165) is 18.1 Å². The summed E-state index contributed by atoms with van der Waals surface area (Å²) >= 11 is 6.25. The summed E-state index contributed by atoms with van der Waals surface area (Å²) in [6.07, 6.45) is 1.54.